The van der Waals surface area contributed by atoms with Crippen LogP contribution in [0.1, 0.15) is 206 Å². The third kappa shape index (κ3) is 48.3. The monoisotopic (exact) mass is 1320 g/mol. The van der Waals surface area contributed by atoms with Crippen LogP contribution in [0.3, 0.4) is 0 Å². The number of primary amides is 1. The molecule has 0 aliphatic heterocycles. The minimum Gasteiger partial charge on any atom is -0.508 e. The lowest BCUT2D eigenvalue weighted by atomic mass is 9.89. The van der Waals surface area contributed by atoms with Crippen molar-refractivity contribution < 1.29 is 80.2 Å². The molecule has 1 rings (SSSR count). The van der Waals surface area contributed by atoms with E-state index in [2.05, 4.69) is 16.0 Å². The molecule has 0 unspecified atom stereocenters. The van der Waals surface area contributed by atoms with Crippen molar-refractivity contribution in [1.82, 2.24) is 20.9 Å². The summed E-state index contributed by atoms with van der Waals surface area (Å²) in [5.74, 6) is -3.12. The van der Waals surface area contributed by atoms with E-state index in [0.29, 0.717) is 90.2 Å². The van der Waals surface area contributed by atoms with E-state index >= 15 is 0 Å². The fourth-order valence-corrected chi connectivity index (χ4v) is 11.0. The van der Waals surface area contributed by atoms with Crippen molar-refractivity contribution in [3.63, 3.8) is 0 Å². The number of likely N-dealkylation sites (N-methyl/N-ethyl adjacent to an activating group) is 1. The number of amidine groups is 1. The Hall–Kier alpha value is -5.41. The summed E-state index contributed by atoms with van der Waals surface area (Å²) in [6.07, 6.45) is 18.5. The van der Waals surface area contributed by atoms with Gasteiger partial charge in [0.1, 0.15) is 36.3 Å². The molecule has 1 aromatic rings. The largest absolute Gasteiger partial charge is 0.508 e. The number of amides is 3. The summed E-state index contributed by atoms with van der Waals surface area (Å²) in [5.41, 5.74) is 12.0. The number of phenolic OH excluding ortho intramolecular Hbond substituents is 1. The molecule has 0 spiro atoms. The molecule has 25 heteroatoms. The predicted molar refractivity (Wildman–Crippen MR) is 354 cm³/mol. The van der Waals surface area contributed by atoms with Crippen LogP contribution >= 0.6 is 0 Å². The number of benzene rings is 1. The number of ketones is 6. The highest BCUT2D eigenvalue weighted by Gasteiger charge is 2.31. The highest BCUT2D eigenvalue weighted by Crippen LogP contribution is 2.22. The number of hydrogen-bond donors (Lipinski definition) is 8. The quantitative estimate of drug-likeness (QED) is 0.0140. The number of aromatic hydroxyl groups is 1. The van der Waals surface area contributed by atoms with E-state index in [1.165, 1.54) is 38.3 Å². The Morgan fingerprint density at radius 1 is 0.565 bits per heavy atom. The number of carbonyl (C=O) groups excluding carboxylic acids is 9. The van der Waals surface area contributed by atoms with E-state index in [0.717, 1.165) is 63.4 Å². The first kappa shape index (κ1) is 84.6. The summed E-state index contributed by atoms with van der Waals surface area (Å²) in [7, 11) is -2.18. The van der Waals surface area contributed by atoms with Crippen LogP contribution in [0.15, 0.2) is 24.3 Å². The minimum absolute atomic E-state index is 0.00781. The Kier molecular flexibility index (Phi) is 48.7. The molecule has 3 amide bonds. The van der Waals surface area contributed by atoms with Gasteiger partial charge >= 0.3 is 0 Å². The topological polar surface area (TPSA) is 380 Å². The number of ether oxygens (including phenoxy) is 4. The van der Waals surface area contributed by atoms with Gasteiger partial charge in [0.25, 0.3) is 10.1 Å². The van der Waals surface area contributed by atoms with E-state index in [1.807, 2.05) is 13.8 Å². The predicted octanol–water partition coefficient (Wildman–Crippen LogP) is 7.05. The summed E-state index contributed by atoms with van der Waals surface area (Å²) in [5, 5.41) is 26.0. The van der Waals surface area contributed by atoms with Crippen molar-refractivity contribution in [2.75, 3.05) is 91.8 Å². The molecule has 24 nitrogen and oxygen atoms in total. The molecule has 4 atom stereocenters. The van der Waals surface area contributed by atoms with Gasteiger partial charge in [-0.15, -0.1) is 0 Å². The van der Waals surface area contributed by atoms with Crippen LogP contribution in [-0.4, -0.2) is 185 Å². The van der Waals surface area contributed by atoms with Crippen molar-refractivity contribution in [3.8, 4) is 5.75 Å². The van der Waals surface area contributed by atoms with E-state index in [9.17, 15) is 56.7 Å². The molecule has 0 radical (unpaired) electrons. The molecule has 0 fully saturated rings. The van der Waals surface area contributed by atoms with Gasteiger partial charge < -0.3 is 51.5 Å². The van der Waals surface area contributed by atoms with Gasteiger partial charge in [0.05, 0.1) is 69.8 Å². The number of hydrogen-bond acceptors (Lipinski definition) is 19. The second kappa shape index (κ2) is 52.9. The van der Waals surface area contributed by atoms with Crippen molar-refractivity contribution >= 4 is 68.4 Å². The Morgan fingerprint density at radius 2 is 1.12 bits per heavy atom. The van der Waals surface area contributed by atoms with Gasteiger partial charge in [0.2, 0.25) is 17.7 Å². The molecule has 526 valence electrons. The zero-order chi connectivity index (χ0) is 68.4. The van der Waals surface area contributed by atoms with Crippen LogP contribution < -0.4 is 27.4 Å². The third-order valence-electron chi connectivity index (χ3n) is 15.7. The zero-order valence-electron chi connectivity index (χ0n) is 55.9. The number of carbonyl (C=O) groups is 9. The lowest BCUT2D eigenvalue weighted by Gasteiger charge is -2.29. The maximum absolute atomic E-state index is 14.0. The van der Waals surface area contributed by atoms with Gasteiger partial charge in [0, 0.05) is 76.5 Å². The first-order valence-corrected chi connectivity index (χ1v) is 35.2. The molecule has 0 bridgehead atoms. The summed E-state index contributed by atoms with van der Waals surface area (Å²) in [6.45, 7) is 6.87. The maximum atomic E-state index is 14.0. The molecule has 0 heterocycles. The fourth-order valence-electron chi connectivity index (χ4n) is 10.5. The number of rotatable bonds is 64. The van der Waals surface area contributed by atoms with Gasteiger partial charge in [-0.3, -0.25) is 58.0 Å². The van der Waals surface area contributed by atoms with Crippen LogP contribution in [0, 0.1) is 23.2 Å². The minimum atomic E-state index is -3.85. The first-order chi connectivity index (χ1) is 43.9. The van der Waals surface area contributed by atoms with Crippen LogP contribution in [0.2, 0.25) is 0 Å². The standard InChI is InChI=1S/C67H115N7O17S/c1-51(2)43-59(79)47-73-60(63(81)48-74(4)61(26-17-18-27-64(68)69)62(80)46-55(67(70)84)44-53-28-31-56(76)32-29-53)25-19-20-34-71-66(83)50-91-41-38-88-36-22-24-58(78)49-90-40-39-89-37-35-72-65(82)33-30-54(52(3)75)45-57(77)23-16-14-12-10-8-6-5-7-9-11-13-15-21-42-92(85,86)87/h28-29,31-32,51,54-55,60-61,73,76H,5-27,30,33-50H2,1-4H3,(H3,68,69)(H2,70,84)(H,71,83)(H,72,82)(H,85,86,87)/t54-,55-,60+,61+/m1/s1. The molecule has 92 heavy (non-hydrogen) atoms. The number of nitrogens with two attached hydrogens (primary N) is 2. The van der Waals surface area contributed by atoms with Crippen molar-refractivity contribution in [2.24, 2.45) is 29.2 Å². The highest BCUT2D eigenvalue weighted by atomic mass is 32.2. The molecule has 10 N–H and O–H groups in total. The smallest absolute Gasteiger partial charge is 0.264 e. The lowest BCUT2D eigenvalue weighted by Crippen LogP contribution is -2.48. The molecular formula is C67H115N7O17S. The summed E-state index contributed by atoms with van der Waals surface area (Å²) < 4.78 is 52.2. The molecule has 0 saturated heterocycles. The third-order valence-corrected chi connectivity index (χ3v) is 16.5. The number of Topliss-reactive ketones (excluding diaryl/α,β-unsaturated/α-hetero) is 6. The number of nitrogens with zero attached hydrogens (tertiary/aromatic N) is 1. The molecule has 0 aliphatic rings. The van der Waals surface area contributed by atoms with Crippen LogP contribution in [-0.2, 0) is 78.6 Å². The summed E-state index contributed by atoms with van der Waals surface area (Å²) in [4.78, 5) is 117. The second-order valence-electron chi connectivity index (χ2n) is 24.8. The molecule has 0 aromatic heterocycles. The van der Waals surface area contributed by atoms with Crippen LogP contribution in [0.25, 0.3) is 0 Å². The van der Waals surface area contributed by atoms with E-state index in [1.54, 1.807) is 24.1 Å². The van der Waals surface area contributed by atoms with Gasteiger partial charge in [-0.05, 0) is 102 Å². The van der Waals surface area contributed by atoms with Gasteiger partial charge in [-0.1, -0.05) is 103 Å². The fraction of sp³-hybridized carbons (Fsp3) is 0.761. The normalized spacial score (nSPS) is 12.9. The summed E-state index contributed by atoms with van der Waals surface area (Å²) in [6, 6.07) is 4.84. The number of unbranched alkanes of at least 4 members (excludes halogenated alkanes) is 14. The Bertz CT molecular complexity index is 2410. The molecule has 1 aromatic carbocycles. The number of phenols is 1. The van der Waals surface area contributed by atoms with Crippen molar-refractivity contribution in [3.05, 3.63) is 29.8 Å². The van der Waals surface area contributed by atoms with Crippen molar-refractivity contribution in [2.45, 2.75) is 219 Å². The maximum Gasteiger partial charge on any atom is 0.264 e. The highest BCUT2D eigenvalue weighted by molar-refractivity contribution is 7.85. The van der Waals surface area contributed by atoms with Gasteiger partial charge in [-0.25, -0.2) is 0 Å². The van der Waals surface area contributed by atoms with Crippen molar-refractivity contribution in [1.29, 1.82) is 5.41 Å². The SMILES string of the molecule is CC(=O)[C@H](CCC(=O)NCCOCCOCC(=O)CCCOCCOCC(=O)NCCCC[C@H](NCC(=O)CC(C)C)C(=O)CN(C)[C@@H](CCCCC(=N)N)C(=O)C[C@@H](Cc1ccc(O)cc1)C(N)=O)CC(=O)CCCCCCCCCCCCCCCS(=O)(=O)O. The summed E-state index contributed by atoms with van der Waals surface area (Å²) >= 11 is 0. The van der Waals surface area contributed by atoms with E-state index in [4.69, 9.17) is 40.4 Å². The average Bonchev–Trinajstić information content (AvgIpc) is 2.13. The molecule has 0 aliphatic carbocycles. The number of nitrogens with one attached hydrogen (secondary N) is 4. The first-order valence-electron chi connectivity index (χ1n) is 33.6. The Labute approximate surface area is 548 Å². The van der Waals surface area contributed by atoms with E-state index < -0.39 is 39.9 Å². The van der Waals surface area contributed by atoms with Crippen LogP contribution in [0.5, 0.6) is 5.75 Å². The Balaban J connectivity index is 2.27. The van der Waals surface area contributed by atoms with Gasteiger partial charge in [-0.2, -0.15) is 8.42 Å². The molecular weight excluding hydrogens is 1210 g/mol. The van der Waals surface area contributed by atoms with Gasteiger partial charge in [0.15, 0.2) is 17.3 Å². The van der Waals surface area contributed by atoms with Crippen LogP contribution in [0.4, 0.5) is 0 Å². The zero-order valence-corrected chi connectivity index (χ0v) is 56.7. The van der Waals surface area contributed by atoms with E-state index in [-0.39, 0.29) is 168 Å². The second-order valence-corrected chi connectivity index (χ2v) is 26.3. The molecule has 0 saturated carbocycles. The average molecular weight is 1320 g/mol. The Morgan fingerprint density at radius 3 is 1.72 bits per heavy atom. The lowest BCUT2D eigenvalue weighted by molar-refractivity contribution is -0.131.